The van der Waals surface area contributed by atoms with E-state index in [1.54, 1.807) is 24.3 Å². The van der Waals surface area contributed by atoms with Crippen LogP contribution in [0.1, 0.15) is 36.0 Å². The summed E-state index contributed by atoms with van der Waals surface area (Å²) in [6, 6.07) is 12.2. The molecule has 0 aromatic heterocycles. The Hall–Kier alpha value is -2.87. The van der Waals surface area contributed by atoms with E-state index in [4.69, 9.17) is 9.47 Å². The number of carbonyl (C=O) groups excluding carboxylic acids is 2. The molecule has 2 aromatic carbocycles. The zero-order valence-electron chi connectivity index (χ0n) is 16.3. The molecule has 0 unspecified atom stereocenters. The van der Waals surface area contributed by atoms with Gasteiger partial charge in [-0.05, 0) is 61.7 Å². The summed E-state index contributed by atoms with van der Waals surface area (Å²) in [4.78, 5) is 24.3. The number of ketones is 1. The summed E-state index contributed by atoms with van der Waals surface area (Å²) in [6.45, 7) is 0. The normalized spacial score (nSPS) is 16.9. The zero-order chi connectivity index (χ0) is 21.0. The highest BCUT2D eigenvalue weighted by Crippen LogP contribution is 2.25. The van der Waals surface area contributed by atoms with Gasteiger partial charge in [0.15, 0.2) is 11.9 Å². The third-order valence-corrected chi connectivity index (χ3v) is 6.69. The lowest BCUT2D eigenvalue weighted by Gasteiger charge is -2.21. The van der Waals surface area contributed by atoms with Crippen molar-refractivity contribution in [1.29, 1.82) is 0 Å². The SMILES string of the molecule is COc1ccc(N(C)S(=O)(=O)c2cccc(C(=O)O[C@H]3CCCCC3=O)c2)cc1. The number of sulfonamides is 1. The first-order valence-electron chi connectivity index (χ1n) is 9.29. The smallest absolute Gasteiger partial charge is 0.338 e. The van der Waals surface area contributed by atoms with Crippen LogP contribution in [0.2, 0.25) is 0 Å². The molecule has 0 amide bonds. The lowest BCUT2D eigenvalue weighted by molar-refractivity contribution is -0.129. The van der Waals surface area contributed by atoms with Crippen LogP contribution in [-0.4, -0.2) is 40.4 Å². The quantitative estimate of drug-likeness (QED) is 0.671. The highest BCUT2D eigenvalue weighted by atomic mass is 32.2. The summed E-state index contributed by atoms with van der Waals surface area (Å²) in [5.74, 6) is -0.177. The molecule has 0 heterocycles. The lowest BCUT2D eigenvalue weighted by Crippen LogP contribution is -2.30. The second-order valence-electron chi connectivity index (χ2n) is 6.80. The van der Waals surface area contributed by atoms with Crippen molar-refractivity contribution >= 4 is 27.5 Å². The minimum absolute atomic E-state index is 0.0414. The first kappa shape index (κ1) is 20.9. The Labute approximate surface area is 170 Å². The Balaban J connectivity index is 1.81. The lowest BCUT2D eigenvalue weighted by atomic mass is 9.96. The van der Waals surface area contributed by atoms with Gasteiger partial charge in [-0.25, -0.2) is 13.2 Å². The van der Waals surface area contributed by atoms with Crippen molar-refractivity contribution in [2.24, 2.45) is 0 Å². The van der Waals surface area contributed by atoms with Gasteiger partial charge < -0.3 is 9.47 Å². The predicted molar refractivity (Wildman–Crippen MR) is 108 cm³/mol. The van der Waals surface area contributed by atoms with E-state index < -0.39 is 22.1 Å². The Kier molecular flexibility index (Phi) is 6.22. The molecule has 0 radical (unpaired) electrons. The minimum Gasteiger partial charge on any atom is -0.497 e. The number of nitrogens with zero attached hydrogens (tertiary/aromatic N) is 1. The van der Waals surface area contributed by atoms with Gasteiger partial charge in [0.25, 0.3) is 10.0 Å². The molecule has 0 spiro atoms. The van der Waals surface area contributed by atoms with Gasteiger partial charge in [0.2, 0.25) is 0 Å². The molecule has 0 saturated heterocycles. The third-order valence-electron chi connectivity index (χ3n) is 4.91. The van der Waals surface area contributed by atoms with E-state index in [0.717, 1.165) is 17.1 Å². The molecule has 29 heavy (non-hydrogen) atoms. The van der Waals surface area contributed by atoms with E-state index in [0.29, 0.717) is 24.3 Å². The highest BCUT2D eigenvalue weighted by molar-refractivity contribution is 7.92. The maximum absolute atomic E-state index is 13.0. The largest absolute Gasteiger partial charge is 0.497 e. The Morgan fingerprint density at radius 1 is 1.10 bits per heavy atom. The Bertz CT molecular complexity index is 1000. The average Bonchev–Trinajstić information content (AvgIpc) is 2.75. The number of rotatable bonds is 6. The van der Waals surface area contributed by atoms with Crippen molar-refractivity contribution in [2.45, 2.75) is 36.7 Å². The second kappa shape index (κ2) is 8.65. The number of benzene rings is 2. The molecular formula is C21H23NO6S. The number of ether oxygens (including phenoxy) is 2. The van der Waals surface area contributed by atoms with Crippen LogP contribution in [0.25, 0.3) is 0 Å². The number of anilines is 1. The van der Waals surface area contributed by atoms with Crippen LogP contribution in [0.3, 0.4) is 0 Å². The van der Waals surface area contributed by atoms with Gasteiger partial charge in [0.05, 0.1) is 23.3 Å². The number of methoxy groups -OCH3 is 1. The molecule has 1 aliphatic rings. The predicted octanol–water partition coefficient (Wildman–Crippen LogP) is 3.19. The summed E-state index contributed by atoms with van der Waals surface area (Å²) in [6.07, 6.45) is 1.78. The zero-order valence-corrected chi connectivity index (χ0v) is 17.1. The monoisotopic (exact) mass is 417 g/mol. The standard InChI is InChI=1S/C21H23NO6S/c1-22(16-10-12-17(27-2)13-11-16)29(25,26)18-7-5-6-15(14-18)21(24)28-20-9-4-3-8-19(20)23/h5-7,10-14,20H,3-4,8-9H2,1-2H3/t20-/m0/s1. The molecule has 1 atom stereocenters. The average molecular weight is 417 g/mol. The number of hydrogen-bond acceptors (Lipinski definition) is 6. The second-order valence-corrected chi connectivity index (χ2v) is 8.77. The van der Waals surface area contributed by atoms with Crippen molar-refractivity contribution in [3.63, 3.8) is 0 Å². The van der Waals surface area contributed by atoms with Gasteiger partial charge in [-0.2, -0.15) is 0 Å². The third kappa shape index (κ3) is 4.59. The summed E-state index contributed by atoms with van der Waals surface area (Å²) in [5, 5.41) is 0. The van der Waals surface area contributed by atoms with Gasteiger partial charge in [-0.15, -0.1) is 0 Å². The topological polar surface area (TPSA) is 90.0 Å². The van der Waals surface area contributed by atoms with E-state index in [1.165, 1.54) is 38.4 Å². The van der Waals surface area contributed by atoms with Gasteiger partial charge >= 0.3 is 5.97 Å². The summed E-state index contributed by atoms with van der Waals surface area (Å²) in [7, 11) is -0.932. The molecule has 154 valence electrons. The van der Waals surface area contributed by atoms with Crippen LogP contribution in [0.5, 0.6) is 5.75 Å². The van der Waals surface area contributed by atoms with Crippen molar-refractivity contribution in [2.75, 3.05) is 18.5 Å². The Morgan fingerprint density at radius 2 is 1.83 bits per heavy atom. The van der Waals surface area contributed by atoms with Crippen molar-refractivity contribution in [1.82, 2.24) is 0 Å². The van der Waals surface area contributed by atoms with Crippen LogP contribution in [0, 0.1) is 0 Å². The molecule has 0 aliphatic heterocycles. The molecular weight excluding hydrogens is 394 g/mol. The molecule has 1 saturated carbocycles. The molecule has 7 nitrogen and oxygen atoms in total. The summed E-state index contributed by atoms with van der Waals surface area (Å²) in [5.41, 5.74) is 0.541. The maximum atomic E-state index is 13.0. The van der Waals surface area contributed by atoms with Crippen LogP contribution in [0.15, 0.2) is 53.4 Å². The first-order valence-corrected chi connectivity index (χ1v) is 10.7. The van der Waals surface area contributed by atoms with Gasteiger partial charge in [0.1, 0.15) is 5.75 Å². The van der Waals surface area contributed by atoms with Crippen LogP contribution < -0.4 is 9.04 Å². The number of hydrogen-bond donors (Lipinski definition) is 0. The number of esters is 1. The molecule has 1 fully saturated rings. The molecule has 2 aromatic rings. The van der Waals surface area contributed by atoms with Gasteiger partial charge in [-0.1, -0.05) is 6.07 Å². The molecule has 0 bridgehead atoms. The fraction of sp³-hybridized carbons (Fsp3) is 0.333. The van der Waals surface area contributed by atoms with Crippen LogP contribution in [0.4, 0.5) is 5.69 Å². The van der Waals surface area contributed by atoms with Crippen molar-refractivity contribution in [3.05, 3.63) is 54.1 Å². The minimum atomic E-state index is -3.89. The van der Waals surface area contributed by atoms with E-state index in [1.807, 2.05) is 0 Å². The van der Waals surface area contributed by atoms with E-state index in [-0.39, 0.29) is 16.2 Å². The summed E-state index contributed by atoms with van der Waals surface area (Å²) < 4.78 is 37.5. The fourth-order valence-electron chi connectivity index (χ4n) is 3.15. The van der Waals surface area contributed by atoms with Crippen LogP contribution >= 0.6 is 0 Å². The van der Waals surface area contributed by atoms with Gasteiger partial charge in [0, 0.05) is 13.5 Å². The molecule has 1 aliphatic carbocycles. The molecule has 0 N–H and O–H groups in total. The first-order chi connectivity index (χ1) is 13.8. The maximum Gasteiger partial charge on any atom is 0.338 e. The van der Waals surface area contributed by atoms with E-state index in [9.17, 15) is 18.0 Å². The Morgan fingerprint density at radius 3 is 2.48 bits per heavy atom. The summed E-state index contributed by atoms with van der Waals surface area (Å²) >= 11 is 0. The number of carbonyl (C=O) groups is 2. The van der Waals surface area contributed by atoms with Crippen molar-refractivity contribution < 1.29 is 27.5 Å². The van der Waals surface area contributed by atoms with Crippen LogP contribution in [-0.2, 0) is 19.6 Å². The molecule has 8 heteroatoms. The molecule has 3 rings (SSSR count). The number of Topliss-reactive ketones (excluding diaryl/α,β-unsaturated/α-hetero) is 1. The van der Waals surface area contributed by atoms with E-state index in [2.05, 4.69) is 0 Å². The van der Waals surface area contributed by atoms with Crippen molar-refractivity contribution in [3.8, 4) is 5.75 Å². The fourth-order valence-corrected chi connectivity index (χ4v) is 4.39. The highest BCUT2D eigenvalue weighted by Gasteiger charge is 2.27. The van der Waals surface area contributed by atoms with E-state index >= 15 is 0 Å². The van der Waals surface area contributed by atoms with Gasteiger partial charge in [-0.3, -0.25) is 9.10 Å².